The molecule has 0 spiro atoms. The molecule has 4 bridgehead atoms. The third-order valence-electron chi connectivity index (χ3n) is 15.1. The first kappa shape index (κ1) is 41.7. The van der Waals surface area contributed by atoms with Gasteiger partial charge < -0.3 is 18.9 Å². The predicted molar refractivity (Wildman–Crippen MR) is 212 cm³/mol. The number of fused-ring (bicyclic) bond motifs is 10. The molecule has 0 saturated heterocycles. The number of allylic oxidation sites excluding steroid dienone is 1. The van der Waals surface area contributed by atoms with Gasteiger partial charge in [0.2, 0.25) is 0 Å². The molecule has 306 valence electrons. The van der Waals surface area contributed by atoms with Gasteiger partial charge in [0.1, 0.15) is 0 Å². The van der Waals surface area contributed by atoms with Crippen molar-refractivity contribution in [1.29, 1.82) is 0 Å². The Bertz CT molecular complexity index is 1460. The fraction of sp³-hybridized carbons (Fsp3) is 0.787. The van der Waals surface area contributed by atoms with Crippen molar-refractivity contribution < 1.29 is 38.1 Å². The highest BCUT2D eigenvalue weighted by molar-refractivity contribution is 5.87. The zero-order valence-corrected chi connectivity index (χ0v) is 34.7. The summed E-state index contributed by atoms with van der Waals surface area (Å²) < 4.78 is 23.1. The molecule has 0 heterocycles. The number of ether oxygens (including phenoxy) is 4. The van der Waals surface area contributed by atoms with Crippen LogP contribution in [0.15, 0.2) is 36.5 Å². The van der Waals surface area contributed by atoms with Crippen molar-refractivity contribution in [1.82, 2.24) is 0 Å². The Morgan fingerprint density at radius 2 is 1.20 bits per heavy atom. The number of rotatable bonds is 19. The largest absolute Gasteiger partial charge is 0.465 e. The second-order valence-corrected chi connectivity index (χ2v) is 19.8. The molecule has 8 nitrogen and oxygen atoms in total. The highest BCUT2D eigenvalue weighted by atomic mass is 16.5. The molecular formula is C47H70O8. The molecule has 0 aliphatic heterocycles. The summed E-state index contributed by atoms with van der Waals surface area (Å²) in [5.41, 5.74) is 1.34. The number of carbonyl (C=O) groups excluding carboxylic acids is 4. The second-order valence-electron chi connectivity index (χ2n) is 19.8. The number of hydrogen-bond acceptors (Lipinski definition) is 8. The van der Waals surface area contributed by atoms with Crippen LogP contribution in [0, 0.1) is 94.7 Å². The summed E-state index contributed by atoms with van der Waals surface area (Å²) in [6.07, 6.45) is 14.5. The van der Waals surface area contributed by atoms with Gasteiger partial charge in [-0.25, -0.2) is 9.59 Å². The van der Waals surface area contributed by atoms with E-state index in [1.807, 2.05) is 6.92 Å². The molecule has 0 aromatic rings. The van der Waals surface area contributed by atoms with E-state index in [2.05, 4.69) is 46.9 Å². The average molecular weight is 763 g/mol. The molecular weight excluding hydrogens is 693 g/mol. The lowest BCUT2D eigenvalue weighted by Crippen LogP contribution is -2.30. The van der Waals surface area contributed by atoms with Gasteiger partial charge in [0, 0.05) is 11.6 Å². The maximum absolute atomic E-state index is 14.0. The van der Waals surface area contributed by atoms with E-state index in [1.165, 1.54) is 18.9 Å². The Morgan fingerprint density at radius 3 is 1.75 bits per heavy atom. The standard InChI is InChI=1S/C47H70O8/c1-9-44(48)52-22-31-13-38-34-18-36(41(20-34)42(38)15-31)25-55-47(51)37(30(8)12-29(7)11-28(6)10-26(2)3)21-45(49)53-23-32-14-39-33-17-35(24-54-46(50)27(4)5)40(19-33)43(39)16-32/h9,12,26,28-29,31-43H,1,4,10-11,13-25H2,2-3,5-8H3/b30-12+/t28?,29?,31?,32?,33?,34?,35?,36?,37?,38-,39?,40?,41?,42?,43?/m1/s1. The first-order chi connectivity index (χ1) is 26.2. The zero-order valence-electron chi connectivity index (χ0n) is 34.7. The molecule has 6 aliphatic carbocycles. The summed E-state index contributed by atoms with van der Waals surface area (Å²) in [7, 11) is 0. The van der Waals surface area contributed by atoms with E-state index in [0.717, 1.165) is 56.9 Å². The van der Waals surface area contributed by atoms with E-state index >= 15 is 0 Å². The third-order valence-corrected chi connectivity index (χ3v) is 15.1. The Balaban J connectivity index is 1.02. The van der Waals surface area contributed by atoms with Crippen LogP contribution in [0.4, 0.5) is 0 Å². The van der Waals surface area contributed by atoms with Crippen molar-refractivity contribution in [2.45, 2.75) is 112 Å². The highest BCUT2D eigenvalue weighted by Gasteiger charge is 2.57. The fourth-order valence-electron chi connectivity index (χ4n) is 13.2. The van der Waals surface area contributed by atoms with Crippen LogP contribution in [0.1, 0.15) is 112 Å². The molecule has 0 N–H and O–H groups in total. The Kier molecular flexibility index (Phi) is 13.8. The fourth-order valence-corrected chi connectivity index (χ4v) is 13.2. The lowest BCUT2D eigenvalue weighted by molar-refractivity contribution is -0.155. The van der Waals surface area contributed by atoms with Gasteiger partial charge in [-0.1, -0.05) is 52.5 Å². The molecule has 14 unspecified atom stereocenters. The molecule has 6 fully saturated rings. The van der Waals surface area contributed by atoms with E-state index in [4.69, 9.17) is 18.9 Å². The smallest absolute Gasteiger partial charge is 0.333 e. The van der Waals surface area contributed by atoms with Gasteiger partial charge in [-0.05, 0) is 167 Å². The Labute approximate surface area is 331 Å². The summed E-state index contributed by atoms with van der Waals surface area (Å²) in [6.45, 7) is 21.7. The van der Waals surface area contributed by atoms with Crippen LogP contribution in [0.2, 0.25) is 0 Å². The summed E-state index contributed by atoms with van der Waals surface area (Å²) in [5.74, 6) is 6.02. The van der Waals surface area contributed by atoms with Crippen molar-refractivity contribution in [3.05, 3.63) is 36.5 Å². The van der Waals surface area contributed by atoms with Crippen LogP contribution < -0.4 is 0 Å². The number of hydrogen-bond donors (Lipinski definition) is 0. The molecule has 0 aromatic heterocycles. The van der Waals surface area contributed by atoms with Crippen molar-refractivity contribution in [2.75, 3.05) is 26.4 Å². The molecule has 6 saturated carbocycles. The van der Waals surface area contributed by atoms with Gasteiger partial charge in [0.05, 0.1) is 38.8 Å². The molecule has 55 heavy (non-hydrogen) atoms. The first-order valence-corrected chi connectivity index (χ1v) is 21.8. The van der Waals surface area contributed by atoms with E-state index in [-0.39, 0.29) is 36.2 Å². The monoisotopic (exact) mass is 763 g/mol. The summed E-state index contributed by atoms with van der Waals surface area (Å²) in [4.78, 5) is 51.2. The van der Waals surface area contributed by atoms with Crippen molar-refractivity contribution in [3.8, 4) is 0 Å². The van der Waals surface area contributed by atoms with Crippen LogP contribution in [-0.2, 0) is 38.1 Å². The minimum Gasteiger partial charge on any atom is -0.465 e. The molecule has 6 aliphatic rings. The molecule has 0 radical (unpaired) electrons. The van der Waals surface area contributed by atoms with Gasteiger partial charge in [-0.3, -0.25) is 9.59 Å². The van der Waals surface area contributed by atoms with Crippen LogP contribution >= 0.6 is 0 Å². The van der Waals surface area contributed by atoms with Crippen LogP contribution in [0.5, 0.6) is 0 Å². The Morgan fingerprint density at radius 1 is 0.655 bits per heavy atom. The number of carbonyl (C=O) groups is 4. The van der Waals surface area contributed by atoms with E-state index in [1.54, 1.807) is 6.92 Å². The number of esters is 4. The maximum atomic E-state index is 14.0. The van der Waals surface area contributed by atoms with E-state index in [9.17, 15) is 19.2 Å². The van der Waals surface area contributed by atoms with Gasteiger partial charge in [-0.15, -0.1) is 0 Å². The SMILES string of the molecule is C=CC(=O)OCC1CC2C3CC(CC3COC(=O)C(CC(=O)OCC3CC4C5CC(COC(=O)C(=C)C)C(C5)C4C3)/C(C)=C/C(C)CC(C)CC(C)C)[C@H]2C1. The van der Waals surface area contributed by atoms with Crippen LogP contribution in [-0.4, -0.2) is 50.3 Å². The van der Waals surface area contributed by atoms with Gasteiger partial charge in [0.25, 0.3) is 0 Å². The van der Waals surface area contributed by atoms with Gasteiger partial charge in [-0.2, -0.15) is 0 Å². The molecule has 0 aromatic carbocycles. The Hall–Kier alpha value is -2.90. The maximum Gasteiger partial charge on any atom is 0.333 e. The lowest BCUT2D eigenvalue weighted by atomic mass is 9.76. The summed E-state index contributed by atoms with van der Waals surface area (Å²) >= 11 is 0. The van der Waals surface area contributed by atoms with Gasteiger partial charge >= 0.3 is 23.9 Å². The second kappa shape index (κ2) is 18.1. The predicted octanol–water partition coefficient (Wildman–Crippen LogP) is 9.18. The minimum atomic E-state index is -0.654. The van der Waals surface area contributed by atoms with Gasteiger partial charge in [0.15, 0.2) is 0 Å². The molecule has 15 atom stereocenters. The molecule has 8 heteroatoms. The van der Waals surface area contributed by atoms with Crippen molar-refractivity contribution >= 4 is 23.9 Å². The molecule has 0 amide bonds. The van der Waals surface area contributed by atoms with Crippen molar-refractivity contribution in [2.24, 2.45) is 94.7 Å². The average Bonchev–Trinajstić information content (AvgIpc) is 3.97. The van der Waals surface area contributed by atoms with E-state index in [0.29, 0.717) is 115 Å². The topological polar surface area (TPSA) is 105 Å². The summed E-state index contributed by atoms with van der Waals surface area (Å²) in [6, 6.07) is 0. The minimum absolute atomic E-state index is 0.00293. The zero-order chi connectivity index (χ0) is 39.6. The lowest BCUT2D eigenvalue weighted by Gasteiger charge is -2.31. The quantitative estimate of drug-likeness (QED) is 0.0556. The normalized spacial score (nSPS) is 35.9. The molecule has 6 rings (SSSR count). The highest BCUT2D eigenvalue weighted by Crippen LogP contribution is 2.63. The third kappa shape index (κ3) is 9.98. The van der Waals surface area contributed by atoms with Crippen LogP contribution in [0.3, 0.4) is 0 Å². The van der Waals surface area contributed by atoms with Crippen molar-refractivity contribution in [3.63, 3.8) is 0 Å². The van der Waals surface area contributed by atoms with E-state index < -0.39 is 5.92 Å². The first-order valence-electron chi connectivity index (χ1n) is 21.8. The van der Waals surface area contributed by atoms with Crippen LogP contribution in [0.25, 0.3) is 0 Å². The summed E-state index contributed by atoms with van der Waals surface area (Å²) in [5, 5.41) is 0.